The van der Waals surface area contributed by atoms with Crippen LogP contribution in [0, 0.1) is 13.8 Å². The first-order valence-electron chi connectivity index (χ1n) is 23.1. The van der Waals surface area contributed by atoms with E-state index in [0.29, 0.717) is 100 Å². The van der Waals surface area contributed by atoms with Crippen molar-refractivity contribution in [3.63, 3.8) is 0 Å². The third kappa shape index (κ3) is 9.62. The van der Waals surface area contributed by atoms with Crippen LogP contribution in [0.5, 0.6) is 11.5 Å². The van der Waals surface area contributed by atoms with Crippen LogP contribution in [0.25, 0.3) is 22.1 Å². The molecule has 4 aromatic heterocycles. The fourth-order valence-corrected chi connectivity index (χ4v) is 9.20. The molecule has 2 fully saturated rings. The molecule has 2 atom stereocenters. The number of likely N-dealkylation sites (tertiary alicyclic amines) is 1. The molecule has 3 aliphatic heterocycles. The largest absolute Gasteiger partial charge is 0.491 e. The summed E-state index contributed by atoms with van der Waals surface area (Å²) in [6, 6.07) is 9.99. The Morgan fingerprint density at radius 2 is 1.22 bits per heavy atom. The van der Waals surface area contributed by atoms with Gasteiger partial charge in [0.15, 0.2) is 0 Å². The Hall–Kier alpha value is -7.06. The minimum absolute atomic E-state index is 0.162. The molecule has 20 heteroatoms. The molecule has 20 nitrogen and oxygen atoms in total. The quantitative estimate of drug-likeness (QED) is 0.0902. The number of primary amides is 1. The van der Waals surface area contributed by atoms with Gasteiger partial charge in [0, 0.05) is 63.4 Å². The first kappa shape index (κ1) is 45.1. The number of morpholine rings is 1. The van der Waals surface area contributed by atoms with Gasteiger partial charge in [-0.3, -0.25) is 44.1 Å². The second kappa shape index (κ2) is 19.4. The minimum atomic E-state index is -0.663. The molecular formula is C47H57N13O7. The standard InChI is InChI=1S/C47H57N13O7/c1-5-59-36(20-28(3)54-59)44(63)52-46-50-34-22-30(42(48)61)24-38-40(34)57(46)16-9-10-17-58-41-35(51-47(58)53-45(64)37-21-29(4)55-60(37)6-2)23-31(25-39(41)66-19-11-18-65-38)43(62)49-14-7-8-15-56-26-32-12-13-33(27-56)67-32/h9-10,20-25,32-33H,5-8,11-19,26-27H2,1-4H3,(H2,48,61)(H,49,62)(H,50,52,63)(H,51,53,64)/b10-9+. The van der Waals surface area contributed by atoms with Crippen molar-refractivity contribution < 1.29 is 33.4 Å². The summed E-state index contributed by atoms with van der Waals surface area (Å²) in [4.78, 5) is 66.2. The van der Waals surface area contributed by atoms with E-state index < -0.39 is 17.7 Å². The van der Waals surface area contributed by atoms with E-state index >= 15 is 0 Å². The highest BCUT2D eigenvalue weighted by molar-refractivity contribution is 6.05. The molecule has 67 heavy (non-hydrogen) atoms. The molecule has 2 unspecified atom stereocenters. The summed E-state index contributed by atoms with van der Waals surface area (Å²) in [5.74, 6) is -0.544. The number of carbonyl (C=O) groups excluding carboxylic acids is 4. The Balaban J connectivity index is 1.03. The van der Waals surface area contributed by atoms with Gasteiger partial charge in [0.05, 0.1) is 47.8 Å². The van der Waals surface area contributed by atoms with Crippen molar-refractivity contribution in [1.82, 2.24) is 48.9 Å². The van der Waals surface area contributed by atoms with Crippen LogP contribution in [0.1, 0.15) is 99.0 Å². The lowest BCUT2D eigenvalue weighted by atomic mass is 10.1. The summed E-state index contributed by atoms with van der Waals surface area (Å²) < 4.78 is 25.7. The van der Waals surface area contributed by atoms with Gasteiger partial charge in [-0.25, -0.2) is 9.97 Å². The van der Waals surface area contributed by atoms with E-state index in [1.54, 1.807) is 50.3 Å². The second-order valence-corrected chi connectivity index (χ2v) is 17.2. The van der Waals surface area contributed by atoms with E-state index in [-0.39, 0.29) is 49.7 Å². The molecule has 9 rings (SSSR count). The van der Waals surface area contributed by atoms with Crippen molar-refractivity contribution in [3.8, 4) is 11.5 Å². The Morgan fingerprint density at radius 1 is 0.701 bits per heavy atom. The lowest BCUT2D eigenvalue weighted by Gasteiger charge is -2.32. The van der Waals surface area contributed by atoms with Gasteiger partial charge in [-0.15, -0.1) is 0 Å². The number of rotatable bonds is 13. The summed E-state index contributed by atoms with van der Waals surface area (Å²) >= 11 is 0. The van der Waals surface area contributed by atoms with E-state index in [9.17, 15) is 19.2 Å². The molecule has 2 aromatic carbocycles. The number of imidazole rings is 2. The van der Waals surface area contributed by atoms with Crippen molar-refractivity contribution in [2.45, 2.75) is 98.2 Å². The lowest BCUT2D eigenvalue weighted by Crippen LogP contribution is -2.43. The molecule has 0 radical (unpaired) electrons. The first-order chi connectivity index (χ1) is 32.5. The Bertz CT molecular complexity index is 2880. The third-order valence-electron chi connectivity index (χ3n) is 12.3. The maximum atomic E-state index is 13.9. The number of nitrogens with zero attached hydrogens (tertiary/aromatic N) is 9. The number of amides is 4. The molecule has 3 aliphatic rings. The number of anilines is 2. The second-order valence-electron chi connectivity index (χ2n) is 17.2. The van der Waals surface area contributed by atoms with Crippen LogP contribution in [-0.4, -0.2) is 119 Å². The van der Waals surface area contributed by atoms with Crippen LogP contribution in [-0.2, 0) is 30.9 Å². The summed E-state index contributed by atoms with van der Waals surface area (Å²) in [6.07, 6.45) is 8.90. The van der Waals surface area contributed by atoms with Crippen LogP contribution in [0.2, 0.25) is 0 Å². The molecular weight excluding hydrogens is 859 g/mol. The fourth-order valence-electron chi connectivity index (χ4n) is 9.20. The van der Waals surface area contributed by atoms with Crippen molar-refractivity contribution >= 4 is 57.6 Å². The number of aryl methyl sites for hydroxylation is 4. The van der Waals surface area contributed by atoms with Crippen molar-refractivity contribution in [1.29, 1.82) is 0 Å². The number of nitrogens with two attached hydrogens (primary N) is 1. The molecule has 0 saturated carbocycles. The Morgan fingerprint density at radius 3 is 1.75 bits per heavy atom. The number of hydrogen-bond donors (Lipinski definition) is 4. The number of fused-ring (bicyclic) bond motifs is 2. The summed E-state index contributed by atoms with van der Waals surface area (Å²) in [7, 11) is 0. The summed E-state index contributed by atoms with van der Waals surface area (Å²) in [6.45, 7) is 12.6. The number of benzene rings is 2. The number of aromatic nitrogens is 8. The zero-order chi connectivity index (χ0) is 46.8. The van der Waals surface area contributed by atoms with E-state index in [1.807, 2.05) is 44.4 Å². The number of unbranched alkanes of at least 4 members (excludes halogenated alkanes) is 1. The fraction of sp³-hybridized carbons (Fsp3) is 0.447. The molecule has 0 aliphatic carbocycles. The van der Waals surface area contributed by atoms with Crippen LogP contribution >= 0.6 is 0 Å². The van der Waals surface area contributed by atoms with Crippen LogP contribution in [0.15, 0.2) is 48.6 Å². The maximum Gasteiger partial charge on any atom is 0.276 e. The van der Waals surface area contributed by atoms with Gasteiger partial charge in [-0.2, -0.15) is 10.2 Å². The third-order valence-corrected chi connectivity index (χ3v) is 12.3. The van der Waals surface area contributed by atoms with Crippen LogP contribution in [0.4, 0.5) is 11.9 Å². The normalized spacial score (nSPS) is 17.9. The van der Waals surface area contributed by atoms with Crippen LogP contribution in [0.3, 0.4) is 0 Å². The molecule has 7 heterocycles. The topological polar surface area (TPSA) is 233 Å². The highest BCUT2D eigenvalue weighted by Crippen LogP contribution is 2.34. The maximum absolute atomic E-state index is 13.9. The smallest absolute Gasteiger partial charge is 0.276 e. The highest BCUT2D eigenvalue weighted by atomic mass is 16.5. The van der Waals surface area contributed by atoms with E-state index in [0.717, 1.165) is 45.3 Å². The zero-order valence-corrected chi connectivity index (χ0v) is 38.3. The van der Waals surface area contributed by atoms with Gasteiger partial charge in [0.1, 0.15) is 33.9 Å². The number of nitrogens with one attached hydrogen (secondary N) is 3. The van der Waals surface area contributed by atoms with Gasteiger partial charge >= 0.3 is 0 Å². The average Bonchev–Trinajstić information content (AvgIpc) is 4.13. The van der Waals surface area contributed by atoms with Crippen molar-refractivity contribution in [3.05, 3.63) is 82.5 Å². The van der Waals surface area contributed by atoms with Crippen LogP contribution < -0.4 is 31.2 Å². The predicted octanol–water partition coefficient (Wildman–Crippen LogP) is 4.83. The molecule has 4 amide bonds. The monoisotopic (exact) mass is 915 g/mol. The summed E-state index contributed by atoms with van der Waals surface area (Å²) in [5, 5.41) is 18.0. The number of carbonyl (C=O) groups is 4. The first-order valence-corrected chi connectivity index (χ1v) is 23.1. The molecule has 352 valence electrons. The average molecular weight is 916 g/mol. The van der Waals surface area contributed by atoms with Gasteiger partial charge in [-0.1, -0.05) is 12.2 Å². The number of ether oxygens (including phenoxy) is 3. The Labute approximate surface area is 386 Å². The molecule has 2 saturated heterocycles. The van der Waals surface area contributed by atoms with Gasteiger partial charge < -0.3 is 34.4 Å². The summed E-state index contributed by atoms with van der Waals surface area (Å²) in [5.41, 5.74) is 10.4. The van der Waals surface area contributed by atoms with E-state index in [2.05, 4.69) is 31.0 Å². The van der Waals surface area contributed by atoms with Crippen molar-refractivity contribution in [2.75, 3.05) is 50.0 Å². The molecule has 5 N–H and O–H groups in total. The highest BCUT2D eigenvalue weighted by Gasteiger charge is 2.33. The van der Waals surface area contributed by atoms with Gasteiger partial charge in [-0.05, 0) is 96.3 Å². The van der Waals surface area contributed by atoms with Gasteiger partial charge in [0.25, 0.3) is 17.7 Å². The predicted molar refractivity (Wildman–Crippen MR) is 250 cm³/mol. The SMILES string of the molecule is CCn1nc(C)cc1C(=O)Nc1nc2cc(C(N)=O)cc3c2n1C/C=C/Cn1c(NC(=O)c2cc(C)nn2CC)nc2cc(C(=O)NCCCCN4CC5CCC(C4)O5)cc(c21)OCCCO3. The molecule has 0 spiro atoms. The van der Waals surface area contributed by atoms with Gasteiger partial charge in [0.2, 0.25) is 17.8 Å². The van der Waals surface area contributed by atoms with E-state index in [1.165, 1.54) is 0 Å². The number of hydrogen-bond acceptors (Lipinski definition) is 12. The molecule has 2 bridgehead atoms. The van der Waals surface area contributed by atoms with Crippen molar-refractivity contribution in [2.24, 2.45) is 5.73 Å². The lowest BCUT2D eigenvalue weighted by molar-refractivity contribution is -0.0384. The minimum Gasteiger partial charge on any atom is -0.491 e. The molecule has 6 aromatic rings. The zero-order valence-electron chi connectivity index (χ0n) is 38.3. The number of allylic oxidation sites excluding steroid dienone is 2. The Kier molecular flexibility index (Phi) is 13.1. The van der Waals surface area contributed by atoms with E-state index in [4.69, 9.17) is 29.9 Å².